The fourth-order valence-corrected chi connectivity index (χ4v) is 6.96. The van der Waals surface area contributed by atoms with Crippen molar-refractivity contribution >= 4 is 38.3 Å². The Morgan fingerprint density at radius 2 is 1.75 bits per heavy atom. The molecule has 1 aromatic heterocycles. The molecule has 3 aromatic carbocycles. The number of aromatic nitrogens is 2. The van der Waals surface area contributed by atoms with Crippen molar-refractivity contribution in [3.05, 3.63) is 90.0 Å². The number of aryl methyl sites for hydroxylation is 2. The highest BCUT2D eigenvalue weighted by atomic mass is 32.2. The molecule has 5 rings (SSSR count). The van der Waals surface area contributed by atoms with E-state index in [-0.39, 0.29) is 28.7 Å². The number of nitrogens with zero attached hydrogens (tertiary/aromatic N) is 3. The summed E-state index contributed by atoms with van der Waals surface area (Å²) in [6, 6.07) is 17.3. The quantitative estimate of drug-likeness (QED) is 0.350. The number of imidazole rings is 1. The van der Waals surface area contributed by atoms with E-state index in [2.05, 4.69) is 15.0 Å². The van der Waals surface area contributed by atoms with Gasteiger partial charge in [-0.25, -0.2) is 18.1 Å². The molecule has 4 aromatic rings. The van der Waals surface area contributed by atoms with Crippen LogP contribution in [0.1, 0.15) is 46.2 Å². The van der Waals surface area contributed by atoms with E-state index in [1.165, 1.54) is 0 Å². The van der Waals surface area contributed by atoms with Gasteiger partial charge in [0.05, 0.1) is 17.4 Å². The summed E-state index contributed by atoms with van der Waals surface area (Å²) in [6.07, 6.45) is 4.36. The third kappa shape index (κ3) is 5.37. The van der Waals surface area contributed by atoms with E-state index in [0.29, 0.717) is 53.6 Å². The minimum absolute atomic E-state index is 0.0420. The number of piperidine rings is 1. The van der Waals surface area contributed by atoms with Gasteiger partial charge in [-0.3, -0.25) is 9.59 Å². The first kappa shape index (κ1) is 27.5. The summed E-state index contributed by atoms with van der Waals surface area (Å²) < 4.78 is 32.1. The zero-order valence-corrected chi connectivity index (χ0v) is 23.6. The Morgan fingerprint density at radius 1 is 1.02 bits per heavy atom. The first-order valence-corrected chi connectivity index (χ1v) is 14.8. The lowest BCUT2D eigenvalue weighted by Crippen LogP contribution is -2.52. The lowest BCUT2D eigenvalue weighted by Gasteiger charge is -2.38. The minimum atomic E-state index is -3.90. The van der Waals surface area contributed by atoms with Crippen molar-refractivity contribution in [3.63, 3.8) is 0 Å². The molecule has 9 nitrogen and oxygen atoms in total. The van der Waals surface area contributed by atoms with Crippen LogP contribution in [-0.4, -0.2) is 53.8 Å². The van der Waals surface area contributed by atoms with E-state index in [4.69, 9.17) is 0 Å². The number of rotatable bonds is 7. The molecule has 2 heterocycles. The van der Waals surface area contributed by atoms with Crippen LogP contribution in [0, 0.1) is 12.8 Å². The Kier molecular flexibility index (Phi) is 7.73. The molecule has 2 N–H and O–H groups in total. The van der Waals surface area contributed by atoms with Gasteiger partial charge in [0, 0.05) is 48.2 Å². The number of benzene rings is 3. The maximum Gasteiger partial charge on any atom is 0.272 e. The molecule has 208 valence electrons. The first-order valence-electron chi connectivity index (χ1n) is 13.4. The minimum Gasteiger partial charge on any atom is -0.337 e. The number of amides is 2. The highest BCUT2D eigenvalue weighted by molar-refractivity contribution is 7.89. The Bertz CT molecular complexity index is 1680. The summed E-state index contributed by atoms with van der Waals surface area (Å²) in [5.41, 5.74) is 2.46. The number of nitrogens with one attached hydrogen (secondary N) is 2. The van der Waals surface area contributed by atoms with Crippen LogP contribution in [0.5, 0.6) is 0 Å². The maximum absolute atomic E-state index is 13.7. The summed E-state index contributed by atoms with van der Waals surface area (Å²) in [7, 11) is -2.12. The largest absolute Gasteiger partial charge is 0.337 e. The zero-order valence-electron chi connectivity index (χ0n) is 22.8. The molecular formula is C30H33N5O4S. The van der Waals surface area contributed by atoms with Gasteiger partial charge < -0.3 is 14.8 Å². The normalized spacial score (nSPS) is 17.6. The Hall–Kier alpha value is -4.02. The van der Waals surface area contributed by atoms with E-state index in [1.54, 1.807) is 65.4 Å². The summed E-state index contributed by atoms with van der Waals surface area (Å²) in [5.74, 6) is -0.399. The van der Waals surface area contributed by atoms with Crippen molar-refractivity contribution in [2.75, 3.05) is 18.4 Å². The number of sulfonamides is 1. The van der Waals surface area contributed by atoms with Gasteiger partial charge in [-0.2, -0.15) is 0 Å². The van der Waals surface area contributed by atoms with Gasteiger partial charge in [0.1, 0.15) is 5.69 Å². The van der Waals surface area contributed by atoms with Crippen LogP contribution in [-0.2, 0) is 17.1 Å². The third-order valence-electron chi connectivity index (χ3n) is 7.70. The van der Waals surface area contributed by atoms with Gasteiger partial charge in [0.2, 0.25) is 10.0 Å². The van der Waals surface area contributed by atoms with Crippen LogP contribution in [0.2, 0.25) is 0 Å². The number of hydrogen-bond donors (Lipinski definition) is 2. The van der Waals surface area contributed by atoms with Crippen LogP contribution in [0.15, 0.2) is 78.1 Å². The Labute approximate surface area is 234 Å². The van der Waals surface area contributed by atoms with Gasteiger partial charge >= 0.3 is 0 Å². The Balaban J connectivity index is 1.37. The second-order valence-corrected chi connectivity index (χ2v) is 11.9. The average Bonchev–Trinajstić information content (AvgIpc) is 3.38. The molecule has 0 bridgehead atoms. The molecule has 1 saturated heterocycles. The molecule has 10 heteroatoms. The molecule has 1 aliphatic rings. The van der Waals surface area contributed by atoms with Crippen molar-refractivity contribution in [1.82, 2.24) is 19.2 Å². The monoisotopic (exact) mass is 559 g/mol. The van der Waals surface area contributed by atoms with Crippen LogP contribution >= 0.6 is 0 Å². The average molecular weight is 560 g/mol. The number of anilines is 1. The lowest BCUT2D eigenvalue weighted by atomic mass is 9.90. The van der Waals surface area contributed by atoms with E-state index < -0.39 is 10.0 Å². The molecule has 0 unspecified atom stereocenters. The molecular weight excluding hydrogens is 526 g/mol. The van der Waals surface area contributed by atoms with Crippen molar-refractivity contribution in [2.24, 2.45) is 13.0 Å². The number of carbonyl (C=O) groups is 2. The highest BCUT2D eigenvalue weighted by Crippen LogP contribution is 2.31. The van der Waals surface area contributed by atoms with Crippen molar-refractivity contribution < 1.29 is 18.0 Å². The second-order valence-electron chi connectivity index (χ2n) is 10.3. The Morgan fingerprint density at radius 3 is 2.45 bits per heavy atom. The smallest absolute Gasteiger partial charge is 0.272 e. The summed E-state index contributed by atoms with van der Waals surface area (Å²) in [4.78, 5) is 32.0. The van der Waals surface area contributed by atoms with E-state index in [0.717, 1.165) is 5.56 Å². The van der Waals surface area contributed by atoms with Crippen LogP contribution in [0.25, 0.3) is 10.8 Å². The van der Waals surface area contributed by atoms with E-state index in [1.807, 2.05) is 38.1 Å². The summed E-state index contributed by atoms with van der Waals surface area (Å²) in [6.45, 7) is 4.78. The molecule has 1 fully saturated rings. The highest BCUT2D eigenvalue weighted by Gasteiger charge is 2.34. The number of fused-ring (bicyclic) bond motifs is 1. The molecule has 0 spiro atoms. The van der Waals surface area contributed by atoms with Gasteiger partial charge in [0.15, 0.2) is 0 Å². The fourth-order valence-electron chi connectivity index (χ4n) is 5.41. The molecule has 2 amide bonds. The van der Waals surface area contributed by atoms with E-state index in [9.17, 15) is 18.0 Å². The SMILES string of the molecule is CC[C@H]1CN(C(=O)c2cncn2C)CC[C@@H]1NS(=O)(=O)c1ccc(NC(=O)c2ccccc2C)c2ccccc12. The van der Waals surface area contributed by atoms with Crippen molar-refractivity contribution in [3.8, 4) is 0 Å². The molecule has 0 aliphatic carbocycles. The van der Waals surface area contributed by atoms with Gasteiger partial charge in [-0.05, 0) is 43.0 Å². The van der Waals surface area contributed by atoms with Gasteiger partial charge in [-0.1, -0.05) is 55.8 Å². The number of likely N-dealkylation sites (tertiary alicyclic amines) is 1. The second kappa shape index (κ2) is 11.2. The van der Waals surface area contributed by atoms with Crippen LogP contribution in [0.3, 0.4) is 0 Å². The first-order chi connectivity index (χ1) is 19.2. The van der Waals surface area contributed by atoms with Gasteiger partial charge in [-0.15, -0.1) is 0 Å². The predicted octanol–water partition coefficient (Wildman–Crippen LogP) is 4.35. The standard InChI is InChI=1S/C30H33N5O4S/c1-4-21-18-35(30(37)27-17-31-19-34(27)3)16-15-25(21)33-40(38,39)28-14-13-26(23-11-7-8-12-24(23)28)32-29(36)22-10-6-5-9-20(22)2/h5-14,17,19,21,25,33H,4,15-16,18H2,1-3H3,(H,32,36)/t21-,25-/m0/s1. The molecule has 0 saturated carbocycles. The van der Waals surface area contributed by atoms with Crippen molar-refractivity contribution in [2.45, 2.75) is 37.6 Å². The van der Waals surface area contributed by atoms with Crippen LogP contribution < -0.4 is 10.0 Å². The number of carbonyl (C=O) groups excluding carboxylic acids is 2. The lowest BCUT2D eigenvalue weighted by molar-refractivity contribution is 0.0631. The maximum atomic E-state index is 13.7. The molecule has 2 atom stereocenters. The fraction of sp³-hybridized carbons (Fsp3) is 0.300. The zero-order chi connectivity index (χ0) is 28.4. The number of hydrogen-bond acceptors (Lipinski definition) is 5. The van der Waals surface area contributed by atoms with Crippen molar-refractivity contribution in [1.29, 1.82) is 0 Å². The summed E-state index contributed by atoms with van der Waals surface area (Å²) >= 11 is 0. The topological polar surface area (TPSA) is 113 Å². The van der Waals surface area contributed by atoms with Crippen LogP contribution in [0.4, 0.5) is 5.69 Å². The predicted molar refractivity (Wildman–Crippen MR) is 155 cm³/mol. The van der Waals surface area contributed by atoms with Gasteiger partial charge in [0.25, 0.3) is 11.8 Å². The van der Waals surface area contributed by atoms with E-state index >= 15 is 0 Å². The molecule has 1 aliphatic heterocycles. The molecule has 0 radical (unpaired) electrons. The third-order valence-corrected chi connectivity index (χ3v) is 9.25. The molecule has 40 heavy (non-hydrogen) atoms. The summed E-state index contributed by atoms with van der Waals surface area (Å²) in [5, 5.41) is 4.11.